The summed E-state index contributed by atoms with van der Waals surface area (Å²) in [6.45, 7) is 6.36. The highest BCUT2D eigenvalue weighted by Crippen LogP contribution is 2.30. The summed E-state index contributed by atoms with van der Waals surface area (Å²) in [5.41, 5.74) is 1.43. The molecule has 1 N–H and O–H groups in total. The molecule has 2 aliphatic rings. The zero-order valence-corrected chi connectivity index (χ0v) is 18.1. The standard InChI is InChI=1S/C23H26F4N4O2/c1-2-7-31-20-6-5-17(28-14-15-3-4-16(12-19(15)24)23(25,26)27)13-18(20)21(29-31)22(32)30-8-10-33-11-9-30/h2-4,12,17,28H,1,5-11,13-14H2/t17-/m0/s1. The number of allylic oxidation sites excluding steroid dienone is 1. The van der Waals surface area contributed by atoms with Gasteiger partial charge in [-0.05, 0) is 31.4 Å². The minimum Gasteiger partial charge on any atom is -0.378 e. The molecule has 1 fully saturated rings. The fourth-order valence-electron chi connectivity index (χ4n) is 4.34. The number of nitrogens with zero attached hydrogens (tertiary/aromatic N) is 3. The number of carbonyl (C=O) groups excluding carboxylic acids is 1. The lowest BCUT2D eigenvalue weighted by atomic mass is 9.90. The Bertz CT molecular complexity index is 1030. The van der Waals surface area contributed by atoms with Crippen molar-refractivity contribution in [2.24, 2.45) is 0 Å². The molecule has 178 valence electrons. The van der Waals surface area contributed by atoms with Crippen molar-refractivity contribution in [3.05, 3.63) is 64.7 Å². The van der Waals surface area contributed by atoms with Crippen LogP contribution in [0.25, 0.3) is 0 Å². The van der Waals surface area contributed by atoms with Gasteiger partial charge in [-0.1, -0.05) is 12.1 Å². The smallest absolute Gasteiger partial charge is 0.378 e. The largest absolute Gasteiger partial charge is 0.416 e. The molecule has 1 aliphatic heterocycles. The van der Waals surface area contributed by atoms with E-state index < -0.39 is 17.6 Å². The molecule has 4 rings (SSSR count). The molecule has 1 aliphatic carbocycles. The Morgan fingerprint density at radius 2 is 2.06 bits per heavy atom. The zero-order chi connectivity index (χ0) is 23.6. The van der Waals surface area contributed by atoms with Gasteiger partial charge >= 0.3 is 6.18 Å². The maximum atomic E-state index is 14.2. The Labute approximate surface area is 189 Å². The summed E-state index contributed by atoms with van der Waals surface area (Å²) in [4.78, 5) is 14.9. The average molecular weight is 466 g/mol. The molecule has 1 amide bonds. The van der Waals surface area contributed by atoms with Crippen molar-refractivity contribution in [3.8, 4) is 0 Å². The van der Waals surface area contributed by atoms with E-state index in [1.807, 2.05) is 4.68 Å². The second kappa shape index (κ2) is 9.64. The van der Waals surface area contributed by atoms with E-state index in [1.54, 1.807) is 11.0 Å². The summed E-state index contributed by atoms with van der Waals surface area (Å²) in [6, 6.07) is 2.51. The molecule has 0 radical (unpaired) electrons. The number of rotatable bonds is 6. The van der Waals surface area contributed by atoms with Gasteiger partial charge in [0.2, 0.25) is 0 Å². The Kier molecular flexibility index (Phi) is 6.85. The number of hydrogen-bond acceptors (Lipinski definition) is 4. The maximum absolute atomic E-state index is 14.2. The third-order valence-corrected chi connectivity index (χ3v) is 6.11. The molecule has 0 bridgehead atoms. The van der Waals surface area contributed by atoms with Gasteiger partial charge in [0, 0.05) is 42.5 Å². The summed E-state index contributed by atoms with van der Waals surface area (Å²) in [5.74, 6) is -1.03. The highest BCUT2D eigenvalue weighted by molar-refractivity contribution is 5.94. The second-order valence-electron chi connectivity index (χ2n) is 8.27. The van der Waals surface area contributed by atoms with Crippen LogP contribution in [0.4, 0.5) is 17.6 Å². The lowest BCUT2D eigenvalue weighted by Crippen LogP contribution is -2.41. The van der Waals surface area contributed by atoms with Crippen LogP contribution in [0.1, 0.15) is 39.3 Å². The predicted octanol–water partition coefficient (Wildman–Crippen LogP) is 3.35. The first kappa shape index (κ1) is 23.4. The molecule has 1 saturated heterocycles. The Balaban J connectivity index is 1.49. The Hall–Kier alpha value is -2.72. The molecule has 1 aromatic heterocycles. The van der Waals surface area contributed by atoms with E-state index in [4.69, 9.17) is 4.74 Å². The van der Waals surface area contributed by atoms with Crippen LogP contribution in [0.5, 0.6) is 0 Å². The number of aromatic nitrogens is 2. The van der Waals surface area contributed by atoms with Gasteiger partial charge in [0.1, 0.15) is 5.82 Å². The van der Waals surface area contributed by atoms with Gasteiger partial charge < -0.3 is 15.0 Å². The van der Waals surface area contributed by atoms with Crippen molar-refractivity contribution in [2.45, 2.75) is 44.6 Å². The van der Waals surface area contributed by atoms with Crippen molar-refractivity contribution in [1.29, 1.82) is 0 Å². The summed E-state index contributed by atoms with van der Waals surface area (Å²) < 4.78 is 59.7. The number of benzene rings is 1. The fraction of sp³-hybridized carbons (Fsp3) is 0.478. The number of amides is 1. The van der Waals surface area contributed by atoms with Gasteiger partial charge in [-0.3, -0.25) is 9.48 Å². The first-order chi connectivity index (χ1) is 15.8. The molecule has 0 unspecified atom stereocenters. The molecule has 10 heteroatoms. The molecule has 1 atom stereocenters. The number of morpholine rings is 1. The van der Waals surface area contributed by atoms with Crippen LogP contribution in [-0.2, 0) is 36.8 Å². The van der Waals surface area contributed by atoms with Crippen LogP contribution in [0.15, 0.2) is 30.9 Å². The second-order valence-corrected chi connectivity index (χ2v) is 8.27. The molecule has 1 aromatic carbocycles. The third kappa shape index (κ3) is 5.11. The number of nitrogens with one attached hydrogen (secondary N) is 1. The molecule has 2 aromatic rings. The predicted molar refractivity (Wildman–Crippen MR) is 113 cm³/mol. The van der Waals surface area contributed by atoms with Crippen molar-refractivity contribution < 1.29 is 27.1 Å². The Morgan fingerprint density at radius 3 is 2.73 bits per heavy atom. The van der Waals surface area contributed by atoms with Crippen molar-refractivity contribution >= 4 is 5.91 Å². The van der Waals surface area contributed by atoms with E-state index in [0.717, 1.165) is 29.8 Å². The zero-order valence-electron chi connectivity index (χ0n) is 18.1. The van der Waals surface area contributed by atoms with E-state index in [9.17, 15) is 22.4 Å². The Morgan fingerprint density at radius 1 is 1.30 bits per heavy atom. The normalized spacial score (nSPS) is 18.8. The summed E-state index contributed by atoms with van der Waals surface area (Å²) in [7, 11) is 0. The van der Waals surface area contributed by atoms with Gasteiger partial charge in [-0.2, -0.15) is 18.3 Å². The van der Waals surface area contributed by atoms with Gasteiger partial charge in [-0.15, -0.1) is 6.58 Å². The minimum absolute atomic E-state index is 0.0585. The van der Waals surface area contributed by atoms with Crippen molar-refractivity contribution in [1.82, 2.24) is 20.0 Å². The van der Waals surface area contributed by atoms with Gasteiger partial charge in [0.25, 0.3) is 5.91 Å². The number of halogens is 4. The first-order valence-corrected chi connectivity index (χ1v) is 10.9. The van der Waals surface area contributed by atoms with E-state index >= 15 is 0 Å². The van der Waals surface area contributed by atoms with Crippen LogP contribution in [0.2, 0.25) is 0 Å². The molecular weight excluding hydrogens is 440 g/mol. The summed E-state index contributed by atoms with van der Waals surface area (Å²) in [5, 5.41) is 7.82. The molecule has 2 heterocycles. The number of carbonyl (C=O) groups is 1. The lowest BCUT2D eigenvalue weighted by Gasteiger charge is -2.28. The molecule has 6 nitrogen and oxygen atoms in total. The van der Waals surface area contributed by atoms with E-state index in [2.05, 4.69) is 17.0 Å². The lowest BCUT2D eigenvalue weighted by molar-refractivity contribution is -0.137. The quantitative estimate of drug-likeness (QED) is 0.524. The molecule has 0 saturated carbocycles. The number of fused-ring (bicyclic) bond motifs is 1. The maximum Gasteiger partial charge on any atom is 0.416 e. The van der Waals surface area contributed by atoms with Gasteiger partial charge in [0.05, 0.1) is 25.3 Å². The molecular formula is C23H26F4N4O2. The number of hydrogen-bond donors (Lipinski definition) is 1. The van der Waals surface area contributed by atoms with Crippen LogP contribution in [-0.4, -0.2) is 52.9 Å². The fourth-order valence-corrected chi connectivity index (χ4v) is 4.34. The van der Waals surface area contributed by atoms with Crippen LogP contribution < -0.4 is 5.32 Å². The molecule has 0 spiro atoms. The van der Waals surface area contributed by atoms with E-state index in [-0.39, 0.29) is 24.1 Å². The highest BCUT2D eigenvalue weighted by atomic mass is 19.4. The summed E-state index contributed by atoms with van der Waals surface area (Å²) in [6.07, 6.45) is -0.904. The number of alkyl halides is 3. The van der Waals surface area contributed by atoms with Crippen LogP contribution in [0, 0.1) is 5.82 Å². The van der Waals surface area contributed by atoms with Crippen LogP contribution in [0.3, 0.4) is 0 Å². The SMILES string of the molecule is C=CCn1nc(C(=O)N2CCOCC2)c2c1CC[C@H](NCc1ccc(C(F)(F)F)cc1F)C2. The monoisotopic (exact) mass is 466 g/mol. The highest BCUT2D eigenvalue weighted by Gasteiger charge is 2.33. The van der Waals surface area contributed by atoms with E-state index in [1.165, 1.54) is 0 Å². The van der Waals surface area contributed by atoms with Crippen LogP contribution >= 0.6 is 0 Å². The van der Waals surface area contributed by atoms with Crippen molar-refractivity contribution in [3.63, 3.8) is 0 Å². The van der Waals surface area contributed by atoms with E-state index in [0.29, 0.717) is 57.4 Å². The summed E-state index contributed by atoms with van der Waals surface area (Å²) >= 11 is 0. The first-order valence-electron chi connectivity index (χ1n) is 10.9. The van der Waals surface area contributed by atoms with Gasteiger partial charge in [0.15, 0.2) is 5.69 Å². The topological polar surface area (TPSA) is 59.4 Å². The minimum atomic E-state index is -4.58. The van der Waals surface area contributed by atoms with Gasteiger partial charge in [-0.25, -0.2) is 4.39 Å². The van der Waals surface area contributed by atoms with Crippen molar-refractivity contribution in [2.75, 3.05) is 26.3 Å². The number of ether oxygens (including phenoxy) is 1. The third-order valence-electron chi connectivity index (χ3n) is 6.11. The molecule has 33 heavy (non-hydrogen) atoms. The average Bonchev–Trinajstić information content (AvgIpc) is 3.15.